The normalized spacial score (nSPS) is 10.7. The number of ether oxygens (including phenoxy) is 1. The van der Waals surface area contributed by atoms with Gasteiger partial charge >= 0.3 is 6.61 Å². The number of hydrogen-bond donors (Lipinski definition) is 2. The Balaban J connectivity index is 1.69. The van der Waals surface area contributed by atoms with E-state index in [0.29, 0.717) is 17.8 Å². The lowest BCUT2D eigenvalue weighted by molar-refractivity contribution is -0.0498. The van der Waals surface area contributed by atoms with Crippen LogP contribution in [0.25, 0.3) is 0 Å². The van der Waals surface area contributed by atoms with Crippen molar-refractivity contribution in [2.75, 3.05) is 5.32 Å². The Morgan fingerprint density at radius 1 is 1.04 bits per heavy atom. The average molecular weight is 344 g/mol. The van der Waals surface area contributed by atoms with Crippen molar-refractivity contribution in [1.29, 1.82) is 0 Å². The third kappa shape index (κ3) is 4.60. The Hall–Kier alpha value is -3.29. The smallest absolute Gasteiger partial charge is 0.387 e. The van der Waals surface area contributed by atoms with Crippen molar-refractivity contribution in [3.63, 3.8) is 0 Å². The molecular formula is C17H14F2N4O2. The van der Waals surface area contributed by atoms with Crippen LogP contribution in [0.3, 0.4) is 0 Å². The summed E-state index contributed by atoms with van der Waals surface area (Å²) in [6.45, 7) is -2.88. The molecule has 0 unspecified atom stereocenters. The van der Waals surface area contributed by atoms with Gasteiger partial charge in [0.2, 0.25) is 5.95 Å². The van der Waals surface area contributed by atoms with Crippen LogP contribution in [-0.4, -0.2) is 21.8 Å². The maximum atomic E-state index is 12.1. The maximum absolute atomic E-state index is 12.1. The van der Waals surface area contributed by atoms with Gasteiger partial charge in [-0.1, -0.05) is 30.3 Å². The molecule has 0 atom stereocenters. The zero-order valence-corrected chi connectivity index (χ0v) is 12.9. The summed E-state index contributed by atoms with van der Waals surface area (Å²) in [6.07, 6.45) is 0.378. The number of H-pyrrole nitrogens is 1. The highest BCUT2D eigenvalue weighted by Crippen LogP contribution is 2.19. The molecule has 0 aliphatic heterocycles. The first-order valence-corrected chi connectivity index (χ1v) is 7.42. The van der Waals surface area contributed by atoms with Crippen molar-refractivity contribution < 1.29 is 13.5 Å². The van der Waals surface area contributed by atoms with Crippen molar-refractivity contribution in [2.45, 2.75) is 13.0 Å². The van der Waals surface area contributed by atoms with Gasteiger partial charge in [-0.3, -0.25) is 9.78 Å². The van der Waals surface area contributed by atoms with Crippen LogP contribution in [-0.2, 0) is 6.42 Å². The summed E-state index contributed by atoms with van der Waals surface area (Å²) in [4.78, 5) is 14.7. The van der Waals surface area contributed by atoms with E-state index in [1.54, 1.807) is 0 Å². The fourth-order valence-corrected chi connectivity index (χ4v) is 2.18. The van der Waals surface area contributed by atoms with E-state index < -0.39 is 6.61 Å². The lowest BCUT2D eigenvalue weighted by Gasteiger charge is -2.07. The van der Waals surface area contributed by atoms with E-state index >= 15 is 0 Å². The van der Waals surface area contributed by atoms with E-state index in [2.05, 4.69) is 25.2 Å². The topological polar surface area (TPSA) is 79.9 Å². The van der Waals surface area contributed by atoms with E-state index in [0.717, 1.165) is 5.56 Å². The fourth-order valence-electron chi connectivity index (χ4n) is 2.18. The highest BCUT2D eigenvalue weighted by molar-refractivity contribution is 5.54. The number of nitrogens with one attached hydrogen (secondary N) is 2. The molecule has 1 aromatic heterocycles. The molecule has 1 heterocycles. The second-order valence-electron chi connectivity index (χ2n) is 5.14. The Kier molecular flexibility index (Phi) is 4.98. The minimum atomic E-state index is -2.88. The second-order valence-corrected chi connectivity index (χ2v) is 5.14. The summed E-state index contributed by atoms with van der Waals surface area (Å²) in [6, 6.07) is 15.3. The quantitative estimate of drug-likeness (QED) is 0.718. The van der Waals surface area contributed by atoms with Crippen molar-refractivity contribution in [3.05, 3.63) is 76.2 Å². The van der Waals surface area contributed by atoms with Crippen LogP contribution >= 0.6 is 0 Å². The average Bonchev–Trinajstić information content (AvgIpc) is 2.60. The van der Waals surface area contributed by atoms with Gasteiger partial charge in [0.1, 0.15) is 11.4 Å². The Morgan fingerprint density at radius 3 is 2.40 bits per heavy atom. The lowest BCUT2D eigenvalue weighted by Crippen LogP contribution is -2.18. The fraction of sp³-hybridized carbons (Fsp3) is 0.118. The third-order valence-corrected chi connectivity index (χ3v) is 3.32. The van der Waals surface area contributed by atoms with Crippen LogP contribution < -0.4 is 15.6 Å². The summed E-state index contributed by atoms with van der Waals surface area (Å²) in [7, 11) is 0. The molecule has 3 rings (SSSR count). The van der Waals surface area contributed by atoms with Gasteiger partial charge in [-0.15, -0.1) is 10.2 Å². The summed E-state index contributed by atoms with van der Waals surface area (Å²) in [5, 5.41) is 10.7. The number of nitrogens with zero attached hydrogens (tertiary/aromatic N) is 2. The van der Waals surface area contributed by atoms with Gasteiger partial charge in [0.15, 0.2) is 0 Å². The molecule has 128 valence electrons. The van der Waals surface area contributed by atoms with Crippen LogP contribution in [0.1, 0.15) is 11.3 Å². The van der Waals surface area contributed by atoms with Gasteiger partial charge in [0.05, 0.1) is 0 Å². The van der Waals surface area contributed by atoms with Gasteiger partial charge in [0, 0.05) is 12.1 Å². The number of halogens is 2. The molecule has 25 heavy (non-hydrogen) atoms. The monoisotopic (exact) mass is 344 g/mol. The molecule has 0 radical (unpaired) electrons. The van der Waals surface area contributed by atoms with Crippen molar-refractivity contribution in [1.82, 2.24) is 15.2 Å². The molecule has 8 heteroatoms. The van der Waals surface area contributed by atoms with Gasteiger partial charge in [-0.05, 0) is 29.8 Å². The Labute approximate surface area is 141 Å². The van der Waals surface area contributed by atoms with Gasteiger partial charge in [-0.2, -0.15) is 8.78 Å². The number of benzene rings is 2. The molecule has 0 bridgehead atoms. The van der Waals surface area contributed by atoms with Crippen molar-refractivity contribution in [2.24, 2.45) is 0 Å². The minimum absolute atomic E-state index is 0.0401. The molecule has 0 aliphatic rings. The first kappa shape index (κ1) is 16.6. The molecular weight excluding hydrogens is 330 g/mol. The van der Waals surface area contributed by atoms with E-state index in [9.17, 15) is 13.6 Å². The molecule has 2 aromatic carbocycles. The molecule has 0 aliphatic carbocycles. The predicted molar refractivity (Wildman–Crippen MR) is 88.3 cm³/mol. The zero-order chi connectivity index (χ0) is 17.6. The maximum Gasteiger partial charge on any atom is 0.387 e. The summed E-state index contributed by atoms with van der Waals surface area (Å²) < 4.78 is 28.5. The van der Waals surface area contributed by atoms with E-state index in [1.165, 1.54) is 24.3 Å². The second kappa shape index (κ2) is 7.52. The minimum Gasteiger partial charge on any atom is -0.435 e. The highest BCUT2D eigenvalue weighted by atomic mass is 19.3. The van der Waals surface area contributed by atoms with Crippen LogP contribution in [0.4, 0.5) is 20.4 Å². The molecule has 3 aromatic rings. The lowest BCUT2D eigenvalue weighted by atomic mass is 10.1. The molecule has 2 N–H and O–H groups in total. The van der Waals surface area contributed by atoms with E-state index in [-0.39, 0.29) is 17.3 Å². The number of rotatable bonds is 6. The molecule has 0 fully saturated rings. The first-order valence-electron chi connectivity index (χ1n) is 7.42. The van der Waals surface area contributed by atoms with E-state index in [1.807, 2.05) is 30.3 Å². The number of anilines is 2. The van der Waals surface area contributed by atoms with Crippen molar-refractivity contribution in [3.8, 4) is 5.75 Å². The van der Waals surface area contributed by atoms with Crippen LogP contribution in [0.15, 0.2) is 59.4 Å². The number of aromatic nitrogens is 3. The largest absolute Gasteiger partial charge is 0.435 e. The molecule has 6 nitrogen and oxygen atoms in total. The summed E-state index contributed by atoms with van der Waals surface area (Å²) in [5.41, 5.74) is 1.46. The predicted octanol–water partition coefficient (Wildman–Crippen LogP) is 3.10. The summed E-state index contributed by atoms with van der Waals surface area (Å²) in [5.74, 6) is 0.197. The third-order valence-electron chi connectivity index (χ3n) is 3.32. The van der Waals surface area contributed by atoms with Crippen LogP contribution in [0, 0.1) is 0 Å². The van der Waals surface area contributed by atoms with Gasteiger partial charge in [0.25, 0.3) is 5.56 Å². The summed E-state index contributed by atoms with van der Waals surface area (Å²) >= 11 is 0. The molecule has 0 saturated heterocycles. The van der Waals surface area contributed by atoms with Crippen molar-refractivity contribution >= 4 is 11.6 Å². The number of aromatic amines is 1. The van der Waals surface area contributed by atoms with Crippen LogP contribution in [0.5, 0.6) is 5.75 Å². The first-order chi connectivity index (χ1) is 12.1. The highest BCUT2D eigenvalue weighted by Gasteiger charge is 2.07. The SMILES string of the molecule is O=c1[nH]c(Nc2ccc(OC(F)F)cc2)nnc1Cc1ccccc1. The number of alkyl halides is 2. The standard InChI is InChI=1S/C17H14F2N4O2/c18-16(19)25-13-8-6-12(7-9-13)20-17-21-15(24)14(22-23-17)10-11-4-2-1-3-5-11/h1-9,16H,10H2,(H2,20,21,23,24). The molecule has 0 amide bonds. The van der Waals surface area contributed by atoms with Gasteiger partial charge in [-0.25, -0.2) is 0 Å². The van der Waals surface area contributed by atoms with Crippen LogP contribution in [0.2, 0.25) is 0 Å². The Bertz CT molecular complexity index is 883. The van der Waals surface area contributed by atoms with Gasteiger partial charge < -0.3 is 10.1 Å². The zero-order valence-electron chi connectivity index (χ0n) is 12.9. The Morgan fingerprint density at radius 2 is 1.76 bits per heavy atom. The van der Waals surface area contributed by atoms with E-state index in [4.69, 9.17) is 0 Å². The molecule has 0 spiro atoms. The number of hydrogen-bond acceptors (Lipinski definition) is 5. The molecule has 0 saturated carbocycles.